The van der Waals surface area contributed by atoms with Gasteiger partial charge in [-0.1, -0.05) is 0 Å². The third kappa shape index (κ3) is 3.86. The SMILES string of the molecule is COc1ccc(S(=O)(=O)NCc2ccc(C(=O)O)c(C3CC3)n2)cc1C. The third-order valence-electron chi connectivity index (χ3n) is 4.30. The first-order valence-corrected chi connectivity index (χ1v) is 9.67. The van der Waals surface area contributed by atoms with Gasteiger partial charge < -0.3 is 9.84 Å². The number of nitrogens with zero attached hydrogens (tertiary/aromatic N) is 1. The fraction of sp³-hybridized carbons (Fsp3) is 0.333. The minimum atomic E-state index is -3.71. The summed E-state index contributed by atoms with van der Waals surface area (Å²) < 4.78 is 32.6. The van der Waals surface area contributed by atoms with E-state index in [-0.39, 0.29) is 22.9 Å². The lowest BCUT2D eigenvalue weighted by atomic mass is 10.1. The third-order valence-corrected chi connectivity index (χ3v) is 5.70. The Labute approximate surface area is 152 Å². The average Bonchev–Trinajstić information content (AvgIpc) is 3.44. The Morgan fingerprint density at radius 1 is 1.31 bits per heavy atom. The number of carboxylic acids is 1. The van der Waals surface area contributed by atoms with Gasteiger partial charge in [0, 0.05) is 5.92 Å². The maximum atomic E-state index is 12.5. The molecule has 1 aliphatic carbocycles. The zero-order valence-corrected chi connectivity index (χ0v) is 15.3. The van der Waals surface area contributed by atoms with Gasteiger partial charge >= 0.3 is 5.97 Å². The lowest BCUT2D eigenvalue weighted by molar-refractivity contribution is 0.0695. The van der Waals surface area contributed by atoms with Crippen molar-refractivity contribution in [1.82, 2.24) is 9.71 Å². The minimum absolute atomic E-state index is 0.00692. The smallest absolute Gasteiger partial charge is 0.337 e. The average molecular weight is 376 g/mol. The number of carboxylic acid groups (broad SMARTS) is 1. The molecule has 0 bridgehead atoms. The van der Waals surface area contributed by atoms with Crippen LogP contribution >= 0.6 is 0 Å². The van der Waals surface area contributed by atoms with Gasteiger partial charge in [-0.05, 0) is 55.7 Å². The monoisotopic (exact) mass is 376 g/mol. The number of aromatic nitrogens is 1. The number of methoxy groups -OCH3 is 1. The maximum absolute atomic E-state index is 12.5. The van der Waals surface area contributed by atoms with E-state index in [1.807, 2.05) is 0 Å². The standard InChI is InChI=1S/C18H20N2O5S/c1-11-9-14(6-8-16(11)25-2)26(23,24)19-10-13-5-7-15(18(21)22)17(20-13)12-3-4-12/h5-9,12,19H,3-4,10H2,1-2H3,(H,21,22). The molecule has 0 saturated heterocycles. The molecule has 0 atom stereocenters. The van der Waals surface area contributed by atoms with Gasteiger partial charge in [-0.15, -0.1) is 0 Å². The van der Waals surface area contributed by atoms with Crippen LogP contribution in [0.25, 0.3) is 0 Å². The number of aromatic carboxylic acids is 1. The van der Waals surface area contributed by atoms with Crippen molar-refractivity contribution in [2.75, 3.05) is 7.11 Å². The molecule has 0 unspecified atom stereocenters. The predicted octanol–water partition coefficient (Wildman–Crippen LogP) is 2.45. The molecule has 1 aromatic carbocycles. The Bertz CT molecular complexity index is 952. The van der Waals surface area contributed by atoms with E-state index in [0.717, 1.165) is 18.4 Å². The summed E-state index contributed by atoms with van der Waals surface area (Å²) in [6.45, 7) is 1.76. The molecule has 2 aromatic rings. The molecule has 7 nitrogen and oxygen atoms in total. The molecule has 1 fully saturated rings. The van der Waals surface area contributed by atoms with Crippen molar-refractivity contribution in [2.45, 2.75) is 37.1 Å². The molecule has 0 aliphatic heterocycles. The van der Waals surface area contributed by atoms with Gasteiger partial charge in [0.25, 0.3) is 0 Å². The number of pyridine rings is 1. The zero-order chi connectivity index (χ0) is 18.9. The molecule has 3 rings (SSSR count). The molecule has 138 valence electrons. The van der Waals surface area contributed by atoms with Crippen LogP contribution in [-0.2, 0) is 16.6 Å². The highest BCUT2D eigenvalue weighted by molar-refractivity contribution is 7.89. The molecule has 1 heterocycles. The van der Waals surface area contributed by atoms with Crippen molar-refractivity contribution in [3.8, 4) is 5.75 Å². The van der Waals surface area contributed by atoms with Crippen LogP contribution in [-0.4, -0.2) is 31.6 Å². The van der Waals surface area contributed by atoms with E-state index < -0.39 is 16.0 Å². The number of hydrogen-bond donors (Lipinski definition) is 2. The van der Waals surface area contributed by atoms with Crippen LogP contribution in [0.4, 0.5) is 0 Å². The predicted molar refractivity (Wildman–Crippen MR) is 94.9 cm³/mol. The second-order valence-corrected chi connectivity index (χ2v) is 8.04. The molecule has 0 amide bonds. The van der Waals surface area contributed by atoms with E-state index in [1.165, 1.54) is 31.4 Å². The van der Waals surface area contributed by atoms with Crippen LogP contribution in [0.1, 0.15) is 46.1 Å². The quantitative estimate of drug-likeness (QED) is 0.769. The summed E-state index contributed by atoms with van der Waals surface area (Å²) in [5.74, 6) is -0.244. The summed E-state index contributed by atoms with van der Waals surface area (Å²) in [6.07, 6.45) is 1.82. The van der Waals surface area contributed by atoms with Gasteiger partial charge in [0.15, 0.2) is 0 Å². The highest BCUT2D eigenvalue weighted by atomic mass is 32.2. The molecule has 2 N–H and O–H groups in total. The molecule has 26 heavy (non-hydrogen) atoms. The van der Waals surface area contributed by atoms with Crippen molar-refractivity contribution in [3.05, 3.63) is 52.8 Å². The van der Waals surface area contributed by atoms with Gasteiger partial charge in [-0.2, -0.15) is 0 Å². The minimum Gasteiger partial charge on any atom is -0.496 e. The van der Waals surface area contributed by atoms with E-state index >= 15 is 0 Å². The first-order chi connectivity index (χ1) is 12.3. The number of ether oxygens (including phenoxy) is 1. The fourth-order valence-corrected chi connectivity index (χ4v) is 3.82. The van der Waals surface area contributed by atoms with Crippen LogP contribution in [0.5, 0.6) is 5.75 Å². The zero-order valence-electron chi connectivity index (χ0n) is 14.5. The highest BCUT2D eigenvalue weighted by Crippen LogP contribution is 2.40. The molecule has 1 aromatic heterocycles. The number of hydrogen-bond acceptors (Lipinski definition) is 5. The van der Waals surface area contributed by atoms with Crippen LogP contribution < -0.4 is 9.46 Å². The summed E-state index contributed by atoms with van der Waals surface area (Å²) in [6, 6.07) is 7.65. The Hall–Kier alpha value is -2.45. The van der Waals surface area contributed by atoms with Crippen LogP contribution in [0.2, 0.25) is 0 Å². The Kier molecular flexibility index (Phi) is 4.97. The molecule has 8 heteroatoms. The van der Waals surface area contributed by atoms with E-state index in [4.69, 9.17) is 4.74 Å². The van der Waals surface area contributed by atoms with Crippen LogP contribution in [0, 0.1) is 6.92 Å². The van der Waals surface area contributed by atoms with Gasteiger partial charge in [-0.25, -0.2) is 17.9 Å². The van der Waals surface area contributed by atoms with Crippen molar-refractivity contribution >= 4 is 16.0 Å². The Balaban J connectivity index is 1.78. The summed E-state index contributed by atoms with van der Waals surface area (Å²) in [7, 11) is -2.19. The maximum Gasteiger partial charge on any atom is 0.337 e. The van der Waals surface area contributed by atoms with E-state index in [9.17, 15) is 18.3 Å². The number of rotatable bonds is 7. The van der Waals surface area contributed by atoms with Crippen LogP contribution in [0.15, 0.2) is 35.2 Å². The van der Waals surface area contributed by atoms with E-state index in [1.54, 1.807) is 13.0 Å². The molecule has 1 aliphatic rings. The second-order valence-electron chi connectivity index (χ2n) is 6.27. The largest absolute Gasteiger partial charge is 0.496 e. The summed E-state index contributed by atoms with van der Waals surface area (Å²) in [5.41, 5.74) is 1.93. The number of benzene rings is 1. The van der Waals surface area contributed by atoms with Gasteiger partial charge in [0.2, 0.25) is 10.0 Å². The molecule has 1 saturated carbocycles. The lowest BCUT2D eigenvalue weighted by Crippen LogP contribution is -2.24. The summed E-state index contributed by atoms with van der Waals surface area (Å²) in [5, 5.41) is 9.25. The van der Waals surface area contributed by atoms with Gasteiger partial charge in [0.05, 0.1) is 35.5 Å². The number of carbonyl (C=O) groups is 1. The topological polar surface area (TPSA) is 106 Å². The Morgan fingerprint density at radius 2 is 2.04 bits per heavy atom. The van der Waals surface area contributed by atoms with Crippen molar-refractivity contribution in [2.24, 2.45) is 0 Å². The first kappa shape index (κ1) is 18.3. The molecule has 0 spiro atoms. The van der Waals surface area contributed by atoms with Crippen molar-refractivity contribution in [1.29, 1.82) is 0 Å². The lowest BCUT2D eigenvalue weighted by Gasteiger charge is -2.11. The van der Waals surface area contributed by atoms with Crippen molar-refractivity contribution in [3.63, 3.8) is 0 Å². The number of sulfonamides is 1. The van der Waals surface area contributed by atoms with Gasteiger partial charge in [-0.3, -0.25) is 4.98 Å². The van der Waals surface area contributed by atoms with Crippen molar-refractivity contribution < 1.29 is 23.1 Å². The second kappa shape index (κ2) is 7.05. The molecular formula is C18H20N2O5S. The van der Waals surface area contributed by atoms with E-state index in [0.29, 0.717) is 17.1 Å². The van der Waals surface area contributed by atoms with Gasteiger partial charge in [0.1, 0.15) is 5.75 Å². The first-order valence-electron chi connectivity index (χ1n) is 8.19. The highest BCUT2D eigenvalue weighted by Gasteiger charge is 2.30. The normalized spacial score (nSPS) is 14.2. The number of aryl methyl sites for hydroxylation is 1. The van der Waals surface area contributed by atoms with E-state index in [2.05, 4.69) is 9.71 Å². The summed E-state index contributed by atoms with van der Waals surface area (Å²) >= 11 is 0. The molecule has 0 radical (unpaired) electrons. The number of nitrogens with one attached hydrogen (secondary N) is 1. The summed E-state index contributed by atoms with van der Waals surface area (Å²) in [4.78, 5) is 15.8. The Morgan fingerprint density at radius 3 is 2.62 bits per heavy atom. The fourth-order valence-electron chi connectivity index (χ4n) is 2.73. The molecular weight excluding hydrogens is 356 g/mol. The van der Waals surface area contributed by atoms with Crippen LogP contribution in [0.3, 0.4) is 0 Å².